The lowest BCUT2D eigenvalue weighted by molar-refractivity contribution is -0.116. The van der Waals surface area contributed by atoms with Crippen molar-refractivity contribution in [3.63, 3.8) is 0 Å². The summed E-state index contributed by atoms with van der Waals surface area (Å²) in [7, 11) is -2.70. The second-order valence-corrected chi connectivity index (χ2v) is 7.82. The molecule has 5 nitrogen and oxygen atoms in total. The normalized spacial score (nSPS) is 11.5. The second kappa shape index (κ2) is 7.37. The molecule has 0 spiro atoms. The van der Waals surface area contributed by atoms with E-state index in [0.29, 0.717) is 4.47 Å². The van der Waals surface area contributed by atoms with Crippen LogP contribution in [0.4, 0.5) is 14.5 Å². The third-order valence-corrected chi connectivity index (χ3v) is 5.46. The molecule has 128 valence electrons. The summed E-state index contributed by atoms with van der Waals surface area (Å²) >= 11 is 3.20. The molecule has 0 fully saturated rings. The van der Waals surface area contributed by atoms with Gasteiger partial charge in [-0.1, -0.05) is 22.0 Å². The molecule has 0 unspecified atom stereocenters. The van der Waals surface area contributed by atoms with Gasteiger partial charge in [-0.25, -0.2) is 17.2 Å². The molecular weight excluding hydrogens is 406 g/mol. The maximum atomic E-state index is 13.5. The average molecular weight is 419 g/mol. The van der Waals surface area contributed by atoms with E-state index in [9.17, 15) is 22.0 Å². The van der Waals surface area contributed by atoms with Gasteiger partial charge in [-0.15, -0.1) is 0 Å². The van der Waals surface area contributed by atoms with Gasteiger partial charge < -0.3 is 5.32 Å². The van der Waals surface area contributed by atoms with Crippen molar-refractivity contribution >= 4 is 37.5 Å². The zero-order chi connectivity index (χ0) is 17.9. The molecule has 2 aromatic rings. The van der Waals surface area contributed by atoms with Gasteiger partial charge in [-0.2, -0.15) is 4.31 Å². The van der Waals surface area contributed by atoms with Gasteiger partial charge in [0.1, 0.15) is 17.3 Å². The highest BCUT2D eigenvalue weighted by molar-refractivity contribution is 9.10. The quantitative estimate of drug-likeness (QED) is 0.811. The van der Waals surface area contributed by atoms with Crippen molar-refractivity contribution < 1.29 is 22.0 Å². The van der Waals surface area contributed by atoms with Crippen LogP contribution in [0.25, 0.3) is 0 Å². The number of para-hydroxylation sites is 1. The van der Waals surface area contributed by atoms with Gasteiger partial charge in [0, 0.05) is 11.5 Å². The monoisotopic (exact) mass is 418 g/mol. The zero-order valence-electron chi connectivity index (χ0n) is 12.5. The van der Waals surface area contributed by atoms with Crippen LogP contribution in [0.2, 0.25) is 0 Å². The SMILES string of the molecule is CN(CC(=O)Nc1c(F)cccc1F)S(=O)(=O)c1ccc(Br)cc1. The highest BCUT2D eigenvalue weighted by atomic mass is 79.9. The van der Waals surface area contributed by atoms with Crippen molar-refractivity contribution in [2.75, 3.05) is 18.9 Å². The van der Waals surface area contributed by atoms with Crippen molar-refractivity contribution in [1.82, 2.24) is 4.31 Å². The lowest BCUT2D eigenvalue weighted by Gasteiger charge is -2.17. The summed E-state index contributed by atoms with van der Waals surface area (Å²) in [4.78, 5) is 11.9. The average Bonchev–Trinajstić information content (AvgIpc) is 2.51. The maximum absolute atomic E-state index is 13.5. The molecule has 2 rings (SSSR count). The topological polar surface area (TPSA) is 66.5 Å². The van der Waals surface area contributed by atoms with Gasteiger partial charge in [-0.3, -0.25) is 4.79 Å². The summed E-state index contributed by atoms with van der Waals surface area (Å²) in [5.41, 5.74) is -0.614. The number of benzene rings is 2. The molecule has 0 bridgehead atoms. The van der Waals surface area contributed by atoms with Gasteiger partial charge in [0.25, 0.3) is 0 Å². The Morgan fingerprint density at radius 1 is 1.12 bits per heavy atom. The summed E-state index contributed by atoms with van der Waals surface area (Å²) in [6, 6.07) is 8.99. The smallest absolute Gasteiger partial charge is 0.243 e. The van der Waals surface area contributed by atoms with E-state index in [1.165, 1.54) is 19.2 Å². The largest absolute Gasteiger partial charge is 0.320 e. The molecule has 9 heteroatoms. The Balaban J connectivity index is 2.12. The zero-order valence-corrected chi connectivity index (χ0v) is 14.9. The van der Waals surface area contributed by atoms with Crippen LogP contribution in [0.15, 0.2) is 51.8 Å². The van der Waals surface area contributed by atoms with Crippen LogP contribution in [-0.2, 0) is 14.8 Å². The summed E-state index contributed by atoms with van der Waals surface area (Å²) in [6.45, 7) is -0.591. The highest BCUT2D eigenvalue weighted by Gasteiger charge is 2.23. The predicted octanol–water partition coefficient (Wildman–Crippen LogP) is 2.99. The van der Waals surface area contributed by atoms with Crippen LogP contribution in [-0.4, -0.2) is 32.2 Å². The van der Waals surface area contributed by atoms with E-state index in [1.54, 1.807) is 12.1 Å². The van der Waals surface area contributed by atoms with Gasteiger partial charge in [0.15, 0.2) is 0 Å². The third kappa shape index (κ3) is 4.16. The molecular formula is C15H13BrF2N2O3S. The number of halogens is 3. The number of anilines is 1. The number of sulfonamides is 1. The molecule has 0 aliphatic heterocycles. The number of amides is 1. The molecule has 0 aliphatic carbocycles. The first-order valence-corrected chi connectivity index (χ1v) is 8.91. The first-order chi connectivity index (χ1) is 11.2. The van der Waals surface area contributed by atoms with Crippen molar-refractivity contribution in [3.8, 4) is 0 Å². The highest BCUT2D eigenvalue weighted by Crippen LogP contribution is 2.19. The number of rotatable bonds is 5. The van der Waals surface area contributed by atoms with Crippen molar-refractivity contribution in [2.45, 2.75) is 4.90 Å². The number of likely N-dealkylation sites (N-methyl/N-ethyl adjacent to an activating group) is 1. The van der Waals surface area contributed by atoms with Gasteiger partial charge in [-0.05, 0) is 36.4 Å². The fourth-order valence-electron chi connectivity index (χ4n) is 1.87. The lowest BCUT2D eigenvalue weighted by atomic mass is 10.3. The summed E-state index contributed by atoms with van der Waals surface area (Å²) in [5.74, 6) is -2.74. The number of carbonyl (C=O) groups excluding carboxylic acids is 1. The molecule has 0 saturated carbocycles. The number of carbonyl (C=O) groups is 1. The minimum atomic E-state index is -3.90. The van der Waals surface area contributed by atoms with Crippen LogP contribution in [0.5, 0.6) is 0 Å². The third-order valence-electron chi connectivity index (χ3n) is 3.12. The van der Waals surface area contributed by atoms with Crippen LogP contribution in [0.3, 0.4) is 0 Å². The molecule has 0 heterocycles. The summed E-state index contributed by atoms with van der Waals surface area (Å²) in [5, 5.41) is 2.04. The van der Waals surface area contributed by atoms with Gasteiger partial charge in [0.05, 0.1) is 11.4 Å². The van der Waals surface area contributed by atoms with Crippen molar-refractivity contribution in [2.24, 2.45) is 0 Å². The molecule has 0 atom stereocenters. The standard InChI is InChI=1S/C15H13BrF2N2O3S/c1-20(24(22,23)11-7-5-10(16)6-8-11)9-14(21)19-15-12(17)3-2-4-13(15)18/h2-8H,9H2,1H3,(H,19,21). The fourth-order valence-corrected chi connectivity index (χ4v) is 3.26. The Labute approximate surface area is 146 Å². The Hall–Kier alpha value is -1.84. The number of hydrogen-bond acceptors (Lipinski definition) is 3. The second-order valence-electron chi connectivity index (χ2n) is 4.86. The first-order valence-electron chi connectivity index (χ1n) is 6.67. The molecule has 1 N–H and O–H groups in total. The molecule has 0 aromatic heterocycles. The number of nitrogens with one attached hydrogen (secondary N) is 1. The molecule has 0 aliphatic rings. The van der Waals surface area contributed by atoms with Crippen molar-refractivity contribution in [1.29, 1.82) is 0 Å². The molecule has 0 radical (unpaired) electrons. The van der Waals surface area contributed by atoms with Crippen molar-refractivity contribution in [3.05, 3.63) is 58.6 Å². The maximum Gasteiger partial charge on any atom is 0.243 e. The van der Waals surface area contributed by atoms with Crippen LogP contribution >= 0.6 is 15.9 Å². The molecule has 0 saturated heterocycles. The predicted molar refractivity (Wildman–Crippen MR) is 88.9 cm³/mol. The minimum absolute atomic E-state index is 0.00178. The van der Waals surface area contributed by atoms with Crippen LogP contribution in [0.1, 0.15) is 0 Å². The van der Waals surface area contributed by atoms with E-state index in [0.717, 1.165) is 22.5 Å². The first kappa shape index (κ1) is 18.5. The molecule has 1 amide bonds. The molecule has 2 aromatic carbocycles. The van der Waals surface area contributed by atoms with Gasteiger partial charge >= 0.3 is 0 Å². The number of hydrogen-bond donors (Lipinski definition) is 1. The number of nitrogens with zero attached hydrogens (tertiary/aromatic N) is 1. The van der Waals surface area contributed by atoms with E-state index in [4.69, 9.17) is 0 Å². The Morgan fingerprint density at radius 2 is 1.67 bits per heavy atom. The van der Waals surface area contributed by atoms with Gasteiger partial charge in [0.2, 0.25) is 15.9 Å². The minimum Gasteiger partial charge on any atom is -0.320 e. The lowest BCUT2D eigenvalue weighted by Crippen LogP contribution is -2.35. The van der Waals surface area contributed by atoms with E-state index < -0.39 is 39.8 Å². The molecule has 24 heavy (non-hydrogen) atoms. The van der Waals surface area contributed by atoms with E-state index in [-0.39, 0.29) is 4.90 Å². The Morgan fingerprint density at radius 3 is 2.21 bits per heavy atom. The van der Waals surface area contributed by atoms with E-state index in [2.05, 4.69) is 15.9 Å². The summed E-state index contributed by atoms with van der Waals surface area (Å²) in [6.07, 6.45) is 0. The van der Waals surface area contributed by atoms with E-state index >= 15 is 0 Å². The van der Waals surface area contributed by atoms with Crippen LogP contribution < -0.4 is 5.32 Å². The Bertz CT molecular complexity index is 837. The fraction of sp³-hybridized carbons (Fsp3) is 0.133. The summed E-state index contributed by atoms with van der Waals surface area (Å²) < 4.78 is 53.2. The van der Waals surface area contributed by atoms with Crippen LogP contribution in [0, 0.1) is 11.6 Å². The Kier molecular flexibility index (Phi) is 5.68. The van der Waals surface area contributed by atoms with E-state index in [1.807, 2.05) is 5.32 Å².